The summed E-state index contributed by atoms with van der Waals surface area (Å²) < 4.78 is 53.5. The van der Waals surface area contributed by atoms with Crippen molar-refractivity contribution in [3.63, 3.8) is 0 Å². The van der Waals surface area contributed by atoms with Gasteiger partial charge in [-0.15, -0.1) is 0 Å². The van der Waals surface area contributed by atoms with E-state index in [1.807, 2.05) is 0 Å². The van der Waals surface area contributed by atoms with Crippen LogP contribution in [0.2, 0.25) is 0 Å². The van der Waals surface area contributed by atoms with Gasteiger partial charge >= 0.3 is 11.9 Å². The number of esters is 2. The van der Waals surface area contributed by atoms with Gasteiger partial charge in [0, 0.05) is 27.7 Å². The SMILES string of the molecule is Cc1c(C)[n+]([O-])c(C(c2cc(F)c(F)c(F)c2)C2C(=O)OC(C)(C)OC2=O)n1C. The molecule has 1 aromatic carbocycles. The summed E-state index contributed by atoms with van der Waals surface area (Å²) in [6.07, 6.45) is 0. The molecule has 2 aromatic rings. The molecule has 0 bridgehead atoms. The molecule has 156 valence electrons. The molecule has 1 aromatic heterocycles. The Morgan fingerprint density at radius 1 is 1.10 bits per heavy atom. The fourth-order valence-electron chi connectivity index (χ4n) is 3.45. The summed E-state index contributed by atoms with van der Waals surface area (Å²) in [4.78, 5) is 25.3. The van der Waals surface area contributed by atoms with Crippen molar-refractivity contribution in [3.8, 4) is 0 Å². The lowest BCUT2D eigenvalue weighted by atomic mass is 9.84. The van der Waals surface area contributed by atoms with Crippen molar-refractivity contribution in [3.05, 3.63) is 57.6 Å². The molecule has 1 saturated heterocycles. The molecule has 2 heterocycles. The summed E-state index contributed by atoms with van der Waals surface area (Å²) in [5.41, 5.74) is 0.472. The van der Waals surface area contributed by atoms with Gasteiger partial charge in [-0.1, -0.05) is 0 Å². The van der Waals surface area contributed by atoms with Crippen LogP contribution in [0, 0.1) is 42.4 Å². The van der Waals surface area contributed by atoms with Crippen LogP contribution in [0.5, 0.6) is 0 Å². The summed E-state index contributed by atoms with van der Waals surface area (Å²) >= 11 is 0. The van der Waals surface area contributed by atoms with Crippen LogP contribution in [0.25, 0.3) is 0 Å². The third-order valence-corrected chi connectivity index (χ3v) is 5.06. The molecule has 1 aliphatic rings. The van der Waals surface area contributed by atoms with Gasteiger partial charge in [0.05, 0.1) is 7.05 Å². The van der Waals surface area contributed by atoms with E-state index in [-0.39, 0.29) is 17.1 Å². The Balaban J connectivity index is 2.28. The van der Waals surface area contributed by atoms with Crippen molar-refractivity contribution < 1.29 is 37.0 Å². The number of benzene rings is 1. The monoisotopic (exact) mass is 412 g/mol. The number of hydrogen-bond acceptors (Lipinski definition) is 5. The van der Waals surface area contributed by atoms with Gasteiger partial charge < -0.3 is 14.7 Å². The first-order valence-electron chi connectivity index (χ1n) is 8.71. The average molecular weight is 412 g/mol. The topological polar surface area (TPSA) is 84.5 Å². The molecular formula is C19H19F3N2O5. The second kappa shape index (κ2) is 6.78. The van der Waals surface area contributed by atoms with Gasteiger partial charge in [-0.3, -0.25) is 9.59 Å². The molecule has 0 spiro atoms. The van der Waals surface area contributed by atoms with Crippen molar-refractivity contribution in [2.45, 2.75) is 39.4 Å². The standard InChI is InChI=1S/C19H19F3N2O5/c1-8-9(2)24(27)16(23(8)5)13(10-6-11(20)15(22)12(21)7-10)14-17(25)28-19(3,4)29-18(14)26/h6-7,13-14H,1-5H3. The van der Waals surface area contributed by atoms with Crippen LogP contribution >= 0.6 is 0 Å². The van der Waals surface area contributed by atoms with E-state index in [1.165, 1.54) is 32.4 Å². The minimum Gasteiger partial charge on any atom is -0.711 e. The highest BCUT2D eigenvalue weighted by Gasteiger charge is 2.52. The van der Waals surface area contributed by atoms with Crippen LogP contribution in [-0.4, -0.2) is 22.3 Å². The first-order chi connectivity index (χ1) is 13.4. The van der Waals surface area contributed by atoms with Crippen LogP contribution in [-0.2, 0) is 26.1 Å². The molecule has 1 atom stereocenters. The van der Waals surface area contributed by atoms with Crippen LogP contribution in [0.1, 0.15) is 42.5 Å². The fourth-order valence-corrected chi connectivity index (χ4v) is 3.45. The maximum Gasteiger partial charge on any atom is 0.324 e. The van der Waals surface area contributed by atoms with Crippen LogP contribution in [0.3, 0.4) is 0 Å². The highest BCUT2D eigenvalue weighted by atomic mass is 19.2. The van der Waals surface area contributed by atoms with E-state index in [4.69, 9.17) is 9.47 Å². The highest BCUT2D eigenvalue weighted by Crippen LogP contribution is 2.38. The summed E-state index contributed by atoms with van der Waals surface area (Å²) in [5.74, 6) is -11.7. The van der Waals surface area contributed by atoms with Gasteiger partial charge in [0.15, 0.2) is 23.4 Å². The molecule has 0 aliphatic carbocycles. The number of ether oxygens (including phenoxy) is 2. The van der Waals surface area contributed by atoms with Gasteiger partial charge in [0.2, 0.25) is 0 Å². The Bertz CT molecular complexity index is 963. The van der Waals surface area contributed by atoms with Gasteiger partial charge in [0.1, 0.15) is 17.3 Å². The van der Waals surface area contributed by atoms with E-state index in [0.29, 0.717) is 22.6 Å². The third kappa shape index (κ3) is 3.32. The zero-order chi connectivity index (χ0) is 21.8. The molecule has 1 fully saturated rings. The number of halogens is 3. The van der Waals surface area contributed by atoms with Crippen LogP contribution in [0.15, 0.2) is 12.1 Å². The minimum atomic E-state index is -1.72. The molecule has 10 heteroatoms. The first-order valence-corrected chi connectivity index (χ1v) is 8.71. The predicted molar refractivity (Wildman–Crippen MR) is 91.8 cm³/mol. The van der Waals surface area contributed by atoms with E-state index >= 15 is 0 Å². The number of aromatic nitrogens is 2. The number of carbonyl (C=O) groups is 2. The summed E-state index contributed by atoms with van der Waals surface area (Å²) in [7, 11) is 1.50. The predicted octanol–water partition coefficient (Wildman–Crippen LogP) is 2.28. The number of nitrogens with zero attached hydrogens (tertiary/aromatic N) is 2. The fraction of sp³-hybridized carbons (Fsp3) is 0.421. The number of cyclic esters (lactones) is 2. The van der Waals surface area contributed by atoms with Crippen molar-refractivity contribution in [1.29, 1.82) is 0 Å². The third-order valence-electron chi connectivity index (χ3n) is 5.06. The molecule has 0 radical (unpaired) electrons. The second-order valence-electron chi connectivity index (χ2n) is 7.38. The number of imidazole rings is 1. The Morgan fingerprint density at radius 3 is 2.00 bits per heavy atom. The van der Waals surface area contributed by atoms with E-state index in [0.717, 1.165) is 0 Å². The average Bonchev–Trinajstić information content (AvgIpc) is 2.78. The van der Waals surface area contributed by atoms with E-state index in [2.05, 4.69) is 0 Å². The Labute approximate surface area is 164 Å². The first kappa shape index (κ1) is 20.7. The Morgan fingerprint density at radius 2 is 1.59 bits per heavy atom. The Hall–Kier alpha value is -3.04. The zero-order valence-corrected chi connectivity index (χ0v) is 16.4. The number of rotatable bonds is 3. The normalized spacial score (nSPS) is 17.8. The zero-order valence-electron chi connectivity index (χ0n) is 16.4. The van der Waals surface area contributed by atoms with Crippen molar-refractivity contribution in [1.82, 2.24) is 4.57 Å². The lowest BCUT2D eigenvalue weighted by molar-refractivity contribution is -0.621. The van der Waals surface area contributed by atoms with E-state index < -0.39 is 47.0 Å². The van der Waals surface area contributed by atoms with E-state index in [9.17, 15) is 28.0 Å². The molecule has 3 rings (SSSR count). The molecule has 0 N–H and O–H groups in total. The lowest BCUT2D eigenvalue weighted by Crippen LogP contribution is -2.50. The van der Waals surface area contributed by atoms with Crippen molar-refractivity contribution in [2.75, 3.05) is 0 Å². The van der Waals surface area contributed by atoms with Crippen molar-refractivity contribution in [2.24, 2.45) is 13.0 Å². The van der Waals surface area contributed by atoms with Crippen LogP contribution < -0.4 is 4.73 Å². The highest BCUT2D eigenvalue weighted by molar-refractivity contribution is 5.98. The van der Waals surface area contributed by atoms with Gasteiger partial charge in [-0.25, -0.2) is 22.5 Å². The minimum absolute atomic E-state index is 0.149. The molecule has 1 unspecified atom stereocenters. The molecule has 29 heavy (non-hydrogen) atoms. The summed E-state index contributed by atoms with van der Waals surface area (Å²) in [6, 6.07) is 1.28. The molecule has 7 nitrogen and oxygen atoms in total. The maximum absolute atomic E-state index is 13.9. The molecule has 0 amide bonds. The van der Waals surface area contributed by atoms with Gasteiger partial charge in [-0.2, -0.15) is 0 Å². The lowest BCUT2D eigenvalue weighted by Gasteiger charge is -2.35. The molecule has 1 aliphatic heterocycles. The van der Waals surface area contributed by atoms with E-state index in [1.54, 1.807) is 6.92 Å². The van der Waals surface area contributed by atoms with Crippen molar-refractivity contribution >= 4 is 11.9 Å². The largest absolute Gasteiger partial charge is 0.711 e. The molecular weight excluding hydrogens is 393 g/mol. The second-order valence-corrected chi connectivity index (χ2v) is 7.38. The number of hydrogen-bond donors (Lipinski definition) is 0. The van der Waals surface area contributed by atoms with Gasteiger partial charge in [0.25, 0.3) is 11.6 Å². The number of carbonyl (C=O) groups excluding carboxylic acids is 2. The Kier molecular flexibility index (Phi) is 4.84. The maximum atomic E-state index is 13.9. The van der Waals surface area contributed by atoms with Crippen LogP contribution in [0.4, 0.5) is 13.2 Å². The summed E-state index contributed by atoms with van der Waals surface area (Å²) in [6.45, 7) is 5.82. The quantitative estimate of drug-likeness (QED) is 0.254. The molecule has 0 saturated carbocycles. The van der Waals surface area contributed by atoms with Gasteiger partial charge in [-0.05, 0) is 17.7 Å². The smallest absolute Gasteiger partial charge is 0.324 e. The summed E-state index contributed by atoms with van der Waals surface area (Å²) in [5, 5.41) is 12.8.